The summed E-state index contributed by atoms with van der Waals surface area (Å²) in [7, 11) is 0. The molecule has 0 aromatic carbocycles. The number of pyridine rings is 2. The maximum atomic E-state index is 13.5. The van der Waals surface area contributed by atoms with Crippen molar-refractivity contribution in [2.24, 2.45) is 0 Å². The molecule has 29 heavy (non-hydrogen) atoms. The van der Waals surface area contributed by atoms with Crippen molar-refractivity contribution in [2.45, 2.75) is 24.9 Å². The molecular weight excluding hydrogens is 392 g/mol. The number of nitrogens with zero attached hydrogens (tertiary/aromatic N) is 2. The number of rotatable bonds is 2. The van der Waals surface area contributed by atoms with Crippen LogP contribution in [0, 0.1) is 5.82 Å². The standard InChI is InChI=1S/C19H16F4N4O2/c20-11-7-13-14(9-25-16(13)24-8-11)10-3-5-27(6-4-10)18(29)12-1-2-15(19(21,22)23)26-17(12)28/h1-2,7-10H,3-6H2,(H,24,25)(H,26,28). The van der Waals surface area contributed by atoms with Crippen LogP contribution < -0.4 is 5.56 Å². The molecule has 2 N–H and O–H groups in total. The number of alkyl halides is 3. The molecule has 1 aliphatic rings. The first-order valence-electron chi connectivity index (χ1n) is 8.96. The average molecular weight is 408 g/mol. The number of aromatic nitrogens is 3. The van der Waals surface area contributed by atoms with Gasteiger partial charge < -0.3 is 14.9 Å². The highest BCUT2D eigenvalue weighted by molar-refractivity contribution is 5.94. The van der Waals surface area contributed by atoms with Gasteiger partial charge in [-0.25, -0.2) is 9.37 Å². The number of carbonyl (C=O) groups is 1. The van der Waals surface area contributed by atoms with Crippen LogP contribution in [0.4, 0.5) is 17.6 Å². The Bertz CT molecular complexity index is 1130. The van der Waals surface area contributed by atoms with E-state index in [2.05, 4.69) is 9.97 Å². The van der Waals surface area contributed by atoms with Crippen LogP contribution in [-0.2, 0) is 6.18 Å². The van der Waals surface area contributed by atoms with Crippen LogP contribution >= 0.6 is 0 Å². The van der Waals surface area contributed by atoms with Crippen LogP contribution in [0.3, 0.4) is 0 Å². The zero-order valence-corrected chi connectivity index (χ0v) is 15.0. The predicted molar refractivity (Wildman–Crippen MR) is 96.0 cm³/mol. The molecule has 3 aromatic rings. The van der Waals surface area contributed by atoms with Gasteiger partial charge in [0.2, 0.25) is 0 Å². The summed E-state index contributed by atoms with van der Waals surface area (Å²) in [5, 5.41) is 0.689. The van der Waals surface area contributed by atoms with Gasteiger partial charge in [0, 0.05) is 24.7 Å². The second kappa shape index (κ2) is 7.02. The van der Waals surface area contributed by atoms with Gasteiger partial charge in [0.05, 0.1) is 6.20 Å². The number of hydrogen-bond acceptors (Lipinski definition) is 3. The van der Waals surface area contributed by atoms with Crippen molar-refractivity contribution < 1.29 is 22.4 Å². The van der Waals surface area contributed by atoms with E-state index in [1.54, 1.807) is 11.2 Å². The van der Waals surface area contributed by atoms with E-state index in [-0.39, 0.29) is 11.5 Å². The second-order valence-electron chi connectivity index (χ2n) is 6.97. The third-order valence-corrected chi connectivity index (χ3v) is 5.20. The van der Waals surface area contributed by atoms with Crippen molar-refractivity contribution in [1.29, 1.82) is 0 Å². The van der Waals surface area contributed by atoms with Crippen LogP contribution in [0.5, 0.6) is 0 Å². The van der Waals surface area contributed by atoms with E-state index in [1.807, 2.05) is 0 Å². The topological polar surface area (TPSA) is 81.9 Å². The van der Waals surface area contributed by atoms with Crippen LogP contribution in [0.1, 0.15) is 40.4 Å². The average Bonchev–Trinajstić information content (AvgIpc) is 3.10. The minimum absolute atomic E-state index is 0.0716. The maximum Gasteiger partial charge on any atom is 0.431 e. The summed E-state index contributed by atoms with van der Waals surface area (Å²) in [5.74, 6) is -0.972. The largest absolute Gasteiger partial charge is 0.431 e. The van der Waals surface area contributed by atoms with Gasteiger partial charge in [-0.1, -0.05) is 0 Å². The first-order chi connectivity index (χ1) is 13.7. The maximum absolute atomic E-state index is 13.5. The van der Waals surface area contributed by atoms with E-state index >= 15 is 0 Å². The summed E-state index contributed by atoms with van der Waals surface area (Å²) >= 11 is 0. The molecule has 1 fully saturated rings. The number of halogens is 4. The lowest BCUT2D eigenvalue weighted by Crippen LogP contribution is -2.40. The number of carbonyl (C=O) groups excluding carboxylic acids is 1. The van der Waals surface area contributed by atoms with Crippen LogP contribution in [0.2, 0.25) is 0 Å². The lowest BCUT2D eigenvalue weighted by atomic mass is 9.89. The molecule has 10 heteroatoms. The molecule has 0 bridgehead atoms. The summed E-state index contributed by atoms with van der Waals surface area (Å²) in [6.45, 7) is 0.665. The molecule has 1 amide bonds. The number of piperidine rings is 1. The minimum atomic E-state index is -4.69. The first kappa shape index (κ1) is 19.2. The fourth-order valence-corrected chi connectivity index (χ4v) is 3.71. The highest BCUT2D eigenvalue weighted by atomic mass is 19.4. The molecule has 4 heterocycles. The molecule has 3 aromatic heterocycles. The van der Waals surface area contributed by atoms with Crippen molar-refractivity contribution in [3.63, 3.8) is 0 Å². The van der Waals surface area contributed by atoms with E-state index in [0.29, 0.717) is 43.0 Å². The van der Waals surface area contributed by atoms with Crippen molar-refractivity contribution in [3.05, 3.63) is 63.6 Å². The Kier molecular flexibility index (Phi) is 4.64. The number of H-pyrrole nitrogens is 2. The van der Waals surface area contributed by atoms with Gasteiger partial charge in [-0.05, 0) is 42.5 Å². The molecule has 1 aliphatic heterocycles. The Morgan fingerprint density at radius 2 is 1.93 bits per heavy atom. The van der Waals surface area contributed by atoms with Gasteiger partial charge in [0.1, 0.15) is 22.7 Å². The van der Waals surface area contributed by atoms with E-state index in [0.717, 1.165) is 17.8 Å². The quantitative estimate of drug-likeness (QED) is 0.638. The Hall–Kier alpha value is -3.17. The molecule has 0 atom stereocenters. The van der Waals surface area contributed by atoms with Crippen LogP contribution in [0.15, 0.2) is 35.4 Å². The highest BCUT2D eigenvalue weighted by Gasteiger charge is 2.33. The van der Waals surface area contributed by atoms with E-state index in [9.17, 15) is 27.2 Å². The summed E-state index contributed by atoms with van der Waals surface area (Å²) in [4.78, 5) is 34.7. The van der Waals surface area contributed by atoms with E-state index in [4.69, 9.17) is 0 Å². The Balaban J connectivity index is 1.49. The summed E-state index contributed by atoms with van der Waals surface area (Å²) < 4.78 is 51.5. The Labute approximate surface area is 161 Å². The van der Waals surface area contributed by atoms with Gasteiger partial charge in [-0.15, -0.1) is 0 Å². The van der Waals surface area contributed by atoms with E-state index < -0.39 is 29.2 Å². The van der Waals surface area contributed by atoms with Gasteiger partial charge in [-0.3, -0.25) is 9.59 Å². The molecule has 0 spiro atoms. The van der Waals surface area contributed by atoms with Crippen LogP contribution in [-0.4, -0.2) is 38.8 Å². The smallest absolute Gasteiger partial charge is 0.346 e. The number of amides is 1. The summed E-state index contributed by atoms with van der Waals surface area (Å²) in [6, 6.07) is 3.01. The van der Waals surface area contributed by atoms with E-state index in [1.165, 1.54) is 11.0 Å². The molecule has 0 aliphatic carbocycles. The zero-order valence-electron chi connectivity index (χ0n) is 15.0. The molecule has 6 nitrogen and oxygen atoms in total. The van der Waals surface area contributed by atoms with Crippen molar-refractivity contribution in [2.75, 3.05) is 13.1 Å². The third-order valence-electron chi connectivity index (χ3n) is 5.20. The van der Waals surface area contributed by atoms with Gasteiger partial charge in [0.15, 0.2) is 0 Å². The molecule has 0 radical (unpaired) electrons. The summed E-state index contributed by atoms with van der Waals surface area (Å²) in [5.41, 5.74) is -1.10. The fraction of sp³-hybridized carbons (Fsp3) is 0.316. The first-order valence-corrected chi connectivity index (χ1v) is 8.96. The van der Waals surface area contributed by atoms with Crippen molar-refractivity contribution in [3.8, 4) is 0 Å². The second-order valence-corrected chi connectivity index (χ2v) is 6.97. The van der Waals surface area contributed by atoms with Crippen LogP contribution in [0.25, 0.3) is 11.0 Å². The minimum Gasteiger partial charge on any atom is -0.346 e. The summed E-state index contributed by atoms with van der Waals surface area (Å²) in [6.07, 6.45) is -0.625. The third kappa shape index (κ3) is 3.62. The fourth-order valence-electron chi connectivity index (χ4n) is 3.71. The van der Waals surface area contributed by atoms with Crippen molar-refractivity contribution in [1.82, 2.24) is 19.9 Å². The van der Waals surface area contributed by atoms with Gasteiger partial charge in [0.25, 0.3) is 11.5 Å². The Morgan fingerprint density at radius 3 is 2.59 bits per heavy atom. The normalized spacial score (nSPS) is 15.8. The number of nitrogens with one attached hydrogen (secondary N) is 2. The molecule has 4 rings (SSSR count). The monoisotopic (exact) mass is 408 g/mol. The lowest BCUT2D eigenvalue weighted by molar-refractivity contribution is -0.141. The molecule has 0 unspecified atom stereocenters. The van der Waals surface area contributed by atoms with Gasteiger partial charge in [-0.2, -0.15) is 13.2 Å². The van der Waals surface area contributed by atoms with Crippen molar-refractivity contribution >= 4 is 16.9 Å². The SMILES string of the molecule is O=C(c1ccc(C(F)(F)F)[nH]c1=O)N1CCC(c2c[nH]c3ncc(F)cc23)CC1. The van der Waals surface area contributed by atoms with Gasteiger partial charge >= 0.3 is 6.18 Å². The number of fused-ring (bicyclic) bond motifs is 1. The predicted octanol–water partition coefficient (Wildman–Crippen LogP) is 3.43. The zero-order chi connectivity index (χ0) is 20.8. The number of hydrogen-bond donors (Lipinski definition) is 2. The molecular formula is C19H16F4N4O2. The molecule has 152 valence electrons. The number of likely N-dealkylation sites (tertiary alicyclic amines) is 1. The Morgan fingerprint density at radius 1 is 1.21 bits per heavy atom. The molecule has 1 saturated heterocycles. The lowest BCUT2D eigenvalue weighted by Gasteiger charge is -2.32. The molecule has 0 saturated carbocycles. The highest BCUT2D eigenvalue weighted by Crippen LogP contribution is 2.33. The number of aromatic amines is 2.